The summed E-state index contributed by atoms with van der Waals surface area (Å²) in [6.07, 6.45) is 5.54. The third-order valence-corrected chi connectivity index (χ3v) is 6.67. The van der Waals surface area contributed by atoms with Gasteiger partial charge in [0.15, 0.2) is 6.29 Å². The maximum atomic E-state index is 14.1. The first kappa shape index (κ1) is 33.9. The van der Waals surface area contributed by atoms with Gasteiger partial charge in [-0.05, 0) is 56.1 Å². The summed E-state index contributed by atoms with van der Waals surface area (Å²) in [7, 11) is 0. The Labute approximate surface area is 233 Å². The Morgan fingerprint density at radius 1 is 0.825 bits per heavy atom. The number of unbranched alkanes of at least 4 members (excludes halogenated alkanes) is 2. The van der Waals surface area contributed by atoms with Gasteiger partial charge >= 0.3 is 29.8 Å². The second-order valence-corrected chi connectivity index (χ2v) is 9.08. The second kappa shape index (κ2) is 15.4. The Hall–Kier alpha value is -4.15. The molecule has 0 saturated carbocycles. The molecule has 0 fully saturated rings. The lowest BCUT2D eigenvalue weighted by Crippen LogP contribution is -2.56. The monoisotopic (exact) mass is 556 g/mol. The van der Waals surface area contributed by atoms with Gasteiger partial charge in [0.2, 0.25) is 0 Å². The lowest BCUT2D eigenvalue weighted by atomic mass is 9.51. The maximum absolute atomic E-state index is 14.1. The highest BCUT2D eigenvalue weighted by Crippen LogP contribution is 2.59. The fraction of sp³-hybridized carbons (Fsp3) is 0.367. The Morgan fingerprint density at radius 3 is 1.88 bits per heavy atom. The molecule has 0 heterocycles. The summed E-state index contributed by atoms with van der Waals surface area (Å²) >= 11 is 0. The third-order valence-electron chi connectivity index (χ3n) is 6.67. The van der Waals surface area contributed by atoms with Crippen LogP contribution < -0.4 is 0 Å². The molecule has 1 aliphatic rings. The molecule has 0 aromatic rings. The molecule has 1 rings (SSSR count). The molecule has 0 bridgehead atoms. The van der Waals surface area contributed by atoms with Crippen LogP contribution in [0.5, 0.6) is 0 Å². The normalized spacial score (nSPS) is 20.1. The van der Waals surface area contributed by atoms with Gasteiger partial charge in [-0.3, -0.25) is 9.59 Å². The van der Waals surface area contributed by atoms with E-state index >= 15 is 0 Å². The van der Waals surface area contributed by atoms with Crippen LogP contribution in [0.25, 0.3) is 0 Å². The third kappa shape index (κ3) is 7.28. The minimum Gasteiger partial charge on any atom is -0.478 e. The number of carbonyl (C=O) groups excluding carboxylic acids is 4. The fourth-order valence-electron chi connectivity index (χ4n) is 5.02. The van der Waals surface area contributed by atoms with Crippen molar-refractivity contribution >= 4 is 29.8 Å². The lowest BCUT2D eigenvalue weighted by molar-refractivity contribution is -0.179. The van der Waals surface area contributed by atoms with E-state index in [1.54, 1.807) is 0 Å². The highest BCUT2D eigenvalue weighted by atomic mass is 16.6. The summed E-state index contributed by atoms with van der Waals surface area (Å²) in [6.45, 7) is 17.7. The molecule has 10 heteroatoms. The summed E-state index contributed by atoms with van der Waals surface area (Å²) in [4.78, 5) is 64.8. The van der Waals surface area contributed by atoms with E-state index in [-0.39, 0.29) is 48.8 Å². The number of aliphatic hydroxyl groups excluding tert-OH is 1. The van der Waals surface area contributed by atoms with E-state index in [1.165, 1.54) is 18.2 Å². The van der Waals surface area contributed by atoms with Gasteiger partial charge in [0.05, 0.1) is 5.57 Å². The van der Waals surface area contributed by atoms with Crippen LogP contribution in [-0.4, -0.2) is 51.5 Å². The van der Waals surface area contributed by atoms with E-state index < -0.39 is 47.0 Å². The molecule has 0 amide bonds. The fourth-order valence-corrected chi connectivity index (χ4v) is 5.02. The van der Waals surface area contributed by atoms with E-state index in [2.05, 4.69) is 32.9 Å². The summed E-state index contributed by atoms with van der Waals surface area (Å²) in [6, 6.07) is 0. The standard InChI is InChI=1S/C30H36O10/c1-6-14-20-21(26(35)36)19-29(17-7-2,27(37)39-24(33)9-4)30(18-8-3,28(38)40-25(34)10-5)22(20)15-12-11-13-16-23(31)32/h6-10,19,23,31-32H,1-5,11-18H2,(H,35,36). The molecular weight excluding hydrogens is 520 g/mol. The van der Waals surface area contributed by atoms with E-state index in [0.717, 1.165) is 18.2 Å². The average molecular weight is 557 g/mol. The van der Waals surface area contributed by atoms with Gasteiger partial charge < -0.3 is 24.8 Å². The molecule has 40 heavy (non-hydrogen) atoms. The van der Waals surface area contributed by atoms with Crippen molar-refractivity contribution in [2.75, 3.05) is 0 Å². The summed E-state index contributed by atoms with van der Waals surface area (Å²) < 4.78 is 10.1. The molecule has 0 aliphatic heterocycles. The number of carboxylic acid groups (broad SMARTS) is 1. The summed E-state index contributed by atoms with van der Waals surface area (Å²) in [5.74, 6) is -6.17. The molecule has 0 radical (unpaired) electrons. The minimum atomic E-state index is -2.21. The number of allylic oxidation sites excluding steroid dienone is 3. The Bertz CT molecular complexity index is 1140. The molecule has 10 nitrogen and oxygen atoms in total. The molecule has 2 atom stereocenters. The lowest BCUT2D eigenvalue weighted by Gasteiger charge is -2.49. The number of carboxylic acids is 1. The molecular formula is C30H36O10. The van der Waals surface area contributed by atoms with Crippen LogP contribution in [0.4, 0.5) is 0 Å². The highest BCUT2D eigenvalue weighted by Gasteiger charge is 2.65. The minimum absolute atomic E-state index is 0.0299. The zero-order chi connectivity index (χ0) is 30.5. The van der Waals surface area contributed by atoms with Gasteiger partial charge in [-0.2, -0.15) is 0 Å². The number of hydrogen-bond acceptors (Lipinski definition) is 9. The van der Waals surface area contributed by atoms with Crippen LogP contribution in [0, 0.1) is 10.8 Å². The Kier molecular flexibility index (Phi) is 13.1. The number of aliphatic hydroxyl groups is 2. The molecule has 2 unspecified atom stereocenters. The van der Waals surface area contributed by atoms with Crippen molar-refractivity contribution in [3.05, 3.63) is 86.1 Å². The second-order valence-electron chi connectivity index (χ2n) is 9.08. The number of ether oxygens (including phenoxy) is 2. The number of esters is 4. The predicted octanol–water partition coefficient (Wildman–Crippen LogP) is 3.78. The summed E-state index contributed by atoms with van der Waals surface area (Å²) in [5, 5.41) is 28.6. The Balaban J connectivity index is 4.21. The van der Waals surface area contributed by atoms with Crippen molar-refractivity contribution in [1.82, 2.24) is 0 Å². The van der Waals surface area contributed by atoms with Gasteiger partial charge in [-0.25, -0.2) is 14.4 Å². The van der Waals surface area contributed by atoms with Gasteiger partial charge in [-0.15, -0.1) is 19.7 Å². The van der Waals surface area contributed by atoms with Crippen LogP contribution in [-0.2, 0) is 33.4 Å². The van der Waals surface area contributed by atoms with Crippen LogP contribution in [0.3, 0.4) is 0 Å². The van der Waals surface area contributed by atoms with E-state index in [4.69, 9.17) is 9.47 Å². The van der Waals surface area contributed by atoms with Crippen LogP contribution >= 0.6 is 0 Å². The molecule has 216 valence electrons. The van der Waals surface area contributed by atoms with Gasteiger partial charge in [-0.1, -0.05) is 43.9 Å². The van der Waals surface area contributed by atoms with E-state index in [9.17, 15) is 39.3 Å². The topological polar surface area (TPSA) is 164 Å². The van der Waals surface area contributed by atoms with Gasteiger partial charge in [0.25, 0.3) is 0 Å². The van der Waals surface area contributed by atoms with Crippen molar-refractivity contribution in [2.24, 2.45) is 10.8 Å². The van der Waals surface area contributed by atoms with Crippen molar-refractivity contribution in [1.29, 1.82) is 0 Å². The number of aliphatic carboxylic acids is 1. The number of rotatable bonds is 17. The summed E-state index contributed by atoms with van der Waals surface area (Å²) in [5.41, 5.74) is -4.32. The first-order chi connectivity index (χ1) is 18.9. The van der Waals surface area contributed by atoms with Crippen LogP contribution in [0.1, 0.15) is 51.4 Å². The first-order valence-corrected chi connectivity index (χ1v) is 12.6. The van der Waals surface area contributed by atoms with E-state index in [1.807, 2.05) is 0 Å². The highest BCUT2D eigenvalue weighted by molar-refractivity contribution is 6.05. The van der Waals surface area contributed by atoms with E-state index in [0.29, 0.717) is 19.3 Å². The smallest absolute Gasteiger partial charge is 0.337 e. The zero-order valence-electron chi connectivity index (χ0n) is 22.4. The molecule has 1 aliphatic carbocycles. The molecule has 3 N–H and O–H groups in total. The number of carbonyl (C=O) groups is 5. The number of hydrogen-bond donors (Lipinski definition) is 3. The zero-order valence-corrected chi connectivity index (χ0v) is 22.4. The van der Waals surface area contributed by atoms with Crippen LogP contribution in [0.2, 0.25) is 0 Å². The van der Waals surface area contributed by atoms with Crippen molar-refractivity contribution < 1.29 is 48.8 Å². The first-order valence-electron chi connectivity index (χ1n) is 12.6. The van der Waals surface area contributed by atoms with Crippen molar-refractivity contribution in [3.63, 3.8) is 0 Å². The average Bonchev–Trinajstić information content (AvgIpc) is 2.90. The SMILES string of the molecule is C=CCC1=C(CCCCCC(O)O)C(CC=C)(C(=O)OC(=O)C=C)C(CC=C)(C(=O)OC(=O)C=C)C=C1C(=O)O. The van der Waals surface area contributed by atoms with Gasteiger partial charge in [0, 0.05) is 12.2 Å². The molecule has 0 aromatic carbocycles. The van der Waals surface area contributed by atoms with Crippen LogP contribution in [0.15, 0.2) is 86.1 Å². The Morgan fingerprint density at radius 2 is 1.40 bits per heavy atom. The van der Waals surface area contributed by atoms with Crippen molar-refractivity contribution in [2.45, 2.75) is 57.7 Å². The predicted molar refractivity (Wildman–Crippen MR) is 146 cm³/mol. The largest absolute Gasteiger partial charge is 0.478 e. The van der Waals surface area contributed by atoms with Crippen molar-refractivity contribution in [3.8, 4) is 0 Å². The van der Waals surface area contributed by atoms with Gasteiger partial charge in [0.1, 0.15) is 10.8 Å². The molecule has 0 spiro atoms. The quantitative estimate of drug-likeness (QED) is 0.0599. The maximum Gasteiger partial charge on any atom is 0.337 e. The molecule has 0 saturated heterocycles. The molecule has 0 aromatic heterocycles.